The Labute approximate surface area is 168 Å². The number of sulfonamides is 1. The van der Waals surface area contributed by atoms with Gasteiger partial charge in [0.05, 0.1) is 11.1 Å². The number of amides is 1. The minimum Gasteiger partial charge on any atom is -0.348 e. The van der Waals surface area contributed by atoms with Crippen molar-refractivity contribution in [2.75, 3.05) is 4.72 Å². The standard InChI is InChI=1S/C17H12ClF2N3O3S2/c18-15-9-22-17(27-15)23-28(25,26)12-4-2-11(3-5-12)16(24)21-8-10-1-6-13(19)14(20)7-10/h1-7,9H,8H2,(H,21,24)(H,22,23). The van der Waals surface area contributed by atoms with Crippen LogP contribution in [0.25, 0.3) is 0 Å². The van der Waals surface area contributed by atoms with E-state index >= 15 is 0 Å². The second kappa shape index (κ2) is 8.21. The van der Waals surface area contributed by atoms with Crippen molar-refractivity contribution in [3.63, 3.8) is 0 Å². The zero-order valence-electron chi connectivity index (χ0n) is 13.9. The van der Waals surface area contributed by atoms with Crippen LogP contribution in [0.1, 0.15) is 15.9 Å². The van der Waals surface area contributed by atoms with Crippen LogP contribution in [0.5, 0.6) is 0 Å². The Balaban J connectivity index is 1.65. The lowest BCUT2D eigenvalue weighted by Gasteiger charge is -2.08. The summed E-state index contributed by atoms with van der Waals surface area (Å²) in [6, 6.07) is 8.52. The molecule has 1 heterocycles. The number of thiazole rings is 1. The highest BCUT2D eigenvalue weighted by molar-refractivity contribution is 7.93. The van der Waals surface area contributed by atoms with Crippen LogP contribution < -0.4 is 10.0 Å². The van der Waals surface area contributed by atoms with Crippen LogP contribution in [0.2, 0.25) is 4.34 Å². The van der Waals surface area contributed by atoms with Gasteiger partial charge in [0.2, 0.25) is 0 Å². The van der Waals surface area contributed by atoms with Gasteiger partial charge in [-0.05, 0) is 42.0 Å². The van der Waals surface area contributed by atoms with Crippen LogP contribution in [-0.2, 0) is 16.6 Å². The number of nitrogens with zero attached hydrogens (tertiary/aromatic N) is 1. The largest absolute Gasteiger partial charge is 0.348 e. The van der Waals surface area contributed by atoms with E-state index in [0.717, 1.165) is 23.5 Å². The van der Waals surface area contributed by atoms with Crippen molar-refractivity contribution >= 4 is 44.0 Å². The maximum Gasteiger partial charge on any atom is 0.263 e. The summed E-state index contributed by atoms with van der Waals surface area (Å²) >= 11 is 6.69. The first-order valence-corrected chi connectivity index (χ1v) is 10.4. The molecule has 0 aliphatic rings. The number of benzene rings is 2. The number of rotatable bonds is 6. The third kappa shape index (κ3) is 4.83. The monoisotopic (exact) mass is 443 g/mol. The molecule has 0 fully saturated rings. The summed E-state index contributed by atoms with van der Waals surface area (Å²) in [5.74, 6) is -2.47. The van der Waals surface area contributed by atoms with Crippen molar-refractivity contribution in [2.45, 2.75) is 11.4 Å². The van der Waals surface area contributed by atoms with Gasteiger partial charge in [-0.25, -0.2) is 22.2 Å². The average Bonchev–Trinajstić information content (AvgIpc) is 3.06. The van der Waals surface area contributed by atoms with Crippen molar-refractivity contribution < 1.29 is 22.0 Å². The maximum atomic E-state index is 13.2. The van der Waals surface area contributed by atoms with Gasteiger partial charge in [-0.3, -0.25) is 9.52 Å². The molecule has 3 aromatic rings. The number of aromatic nitrogens is 1. The van der Waals surface area contributed by atoms with Gasteiger partial charge in [-0.2, -0.15) is 0 Å². The third-order valence-corrected chi connectivity index (χ3v) is 6.08. The molecule has 1 aromatic heterocycles. The third-order valence-electron chi connectivity index (χ3n) is 3.56. The van der Waals surface area contributed by atoms with E-state index in [1.165, 1.54) is 36.5 Å². The van der Waals surface area contributed by atoms with E-state index in [0.29, 0.717) is 9.90 Å². The lowest BCUT2D eigenvalue weighted by molar-refractivity contribution is 0.0950. The normalized spacial score (nSPS) is 11.2. The quantitative estimate of drug-likeness (QED) is 0.606. The molecule has 0 aliphatic carbocycles. The Kier molecular flexibility index (Phi) is 5.92. The van der Waals surface area contributed by atoms with E-state index in [-0.39, 0.29) is 22.1 Å². The van der Waals surface area contributed by atoms with Crippen LogP contribution >= 0.6 is 22.9 Å². The first-order chi connectivity index (χ1) is 13.2. The summed E-state index contributed by atoms with van der Waals surface area (Å²) in [6.45, 7) is -0.0115. The minimum absolute atomic E-state index is 0.0115. The van der Waals surface area contributed by atoms with Gasteiger partial charge >= 0.3 is 0 Å². The topological polar surface area (TPSA) is 88.2 Å². The number of carbonyl (C=O) groups excluding carboxylic acids is 1. The first-order valence-electron chi connectivity index (χ1n) is 7.71. The second-order valence-corrected chi connectivity index (χ2v) is 8.87. The molecular weight excluding hydrogens is 432 g/mol. The SMILES string of the molecule is O=C(NCc1ccc(F)c(F)c1)c1ccc(S(=O)(=O)Nc2ncc(Cl)s2)cc1. The van der Waals surface area contributed by atoms with E-state index in [2.05, 4.69) is 15.0 Å². The minimum atomic E-state index is -3.88. The van der Waals surface area contributed by atoms with Crippen LogP contribution in [0, 0.1) is 11.6 Å². The lowest BCUT2D eigenvalue weighted by atomic mass is 10.2. The van der Waals surface area contributed by atoms with Crippen molar-refractivity contribution in [3.8, 4) is 0 Å². The maximum absolute atomic E-state index is 13.2. The molecule has 0 aliphatic heterocycles. The Morgan fingerprint density at radius 2 is 1.82 bits per heavy atom. The fourth-order valence-corrected chi connectivity index (χ4v) is 4.25. The van der Waals surface area contributed by atoms with Gasteiger partial charge in [-0.1, -0.05) is 29.0 Å². The van der Waals surface area contributed by atoms with E-state index < -0.39 is 27.6 Å². The Bertz CT molecular complexity index is 1120. The van der Waals surface area contributed by atoms with Gasteiger partial charge in [0.15, 0.2) is 16.8 Å². The van der Waals surface area contributed by atoms with Crippen LogP contribution in [0.4, 0.5) is 13.9 Å². The average molecular weight is 444 g/mol. The Morgan fingerprint density at radius 3 is 2.43 bits per heavy atom. The molecule has 1 amide bonds. The zero-order valence-corrected chi connectivity index (χ0v) is 16.3. The van der Waals surface area contributed by atoms with Gasteiger partial charge in [0.1, 0.15) is 4.34 Å². The fraction of sp³-hybridized carbons (Fsp3) is 0.0588. The molecule has 3 rings (SSSR count). The molecule has 2 N–H and O–H groups in total. The molecule has 0 radical (unpaired) electrons. The second-order valence-electron chi connectivity index (χ2n) is 5.53. The highest BCUT2D eigenvalue weighted by Gasteiger charge is 2.17. The van der Waals surface area contributed by atoms with E-state index in [9.17, 15) is 22.0 Å². The summed E-state index contributed by atoms with van der Waals surface area (Å²) in [5, 5.41) is 2.67. The predicted molar refractivity (Wildman–Crippen MR) is 102 cm³/mol. The molecule has 0 atom stereocenters. The summed E-state index contributed by atoms with van der Waals surface area (Å²) in [4.78, 5) is 15.9. The number of hydrogen-bond donors (Lipinski definition) is 2. The molecule has 28 heavy (non-hydrogen) atoms. The number of hydrogen-bond acceptors (Lipinski definition) is 5. The van der Waals surface area contributed by atoms with Gasteiger partial charge in [0.25, 0.3) is 15.9 Å². The molecule has 0 bridgehead atoms. The Hall–Kier alpha value is -2.56. The predicted octanol–water partition coefficient (Wildman–Crippen LogP) is 3.81. The van der Waals surface area contributed by atoms with Crippen molar-refractivity contribution in [3.05, 3.63) is 75.8 Å². The van der Waals surface area contributed by atoms with Crippen LogP contribution in [0.15, 0.2) is 53.6 Å². The Morgan fingerprint density at radius 1 is 1.11 bits per heavy atom. The molecule has 0 saturated carbocycles. The number of nitrogens with one attached hydrogen (secondary N) is 2. The number of anilines is 1. The molecule has 0 spiro atoms. The highest BCUT2D eigenvalue weighted by Crippen LogP contribution is 2.25. The summed E-state index contributed by atoms with van der Waals surface area (Å²) in [6.07, 6.45) is 1.32. The summed E-state index contributed by atoms with van der Waals surface area (Å²) < 4.78 is 53.3. The van der Waals surface area contributed by atoms with E-state index in [4.69, 9.17) is 11.6 Å². The highest BCUT2D eigenvalue weighted by atomic mass is 35.5. The lowest BCUT2D eigenvalue weighted by Crippen LogP contribution is -2.23. The van der Waals surface area contributed by atoms with Gasteiger partial charge in [0, 0.05) is 12.1 Å². The summed E-state index contributed by atoms with van der Waals surface area (Å²) in [5.41, 5.74) is 0.594. The van der Waals surface area contributed by atoms with E-state index in [1.54, 1.807) is 0 Å². The van der Waals surface area contributed by atoms with Crippen LogP contribution in [-0.4, -0.2) is 19.3 Å². The van der Waals surface area contributed by atoms with Crippen molar-refractivity contribution in [1.82, 2.24) is 10.3 Å². The molecule has 146 valence electrons. The summed E-state index contributed by atoms with van der Waals surface area (Å²) in [7, 11) is -3.88. The zero-order chi connectivity index (χ0) is 20.3. The molecule has 0 saturated heterocycles. The van der Waals surface area contributed by atoms with Crippen molar-refractivity contribution in [2.24, 2.45) is 0 Å². The van der Waals surface area contributed by atoms with E-state index in [1.807, 2.05) is 0 Å². The molecule has 6 nitrogen and oxygen atoms in total. The number of halogens is 3. The fourth-order valence-electron chi connectivity index (χ4n) is 2.19. The number of carbonyl (C=O) groups is 1. The first kappa shape index (κ1) is 20.2. The van der Waals surface area contributed by atoms with Gasteiger partial charge < -0.3 is 5.32 Å². The van der Waals surface area contributed by atoms with Crippen molar-refractivity contribution in [1.29, 1.82) is 0 Å². The van der Waals surface area contributed by atoms with Crippen LogP contribution in [0.3, 0.4) is 0 Å². The van der Waals surface area contributed by atoms with Gasteiger partial charge in [-0.15, -0.1) is 0 Å². The molecule has 2 aromatic carbocycles. The molecular formula is C17H12ClF2N3O3S2. The molecule has 11 heteroatoms. The smallest absolute Gasteiger partial charge is 0.263 e. The molecule has 0 unspecified atom stereocenters.